The lowest BCUT2D eigenvalue weighted by Gasteiger charge is -2.14. The molecule has 136 valence electrons. The summed E-state index contributed by atoms with van der Waals surface area (Å²) in [6.07, 6.45) is 1.57. The van der Waals surface area contributed by atoms with Crippen LogP contribution in [0.4, 0.5) is 0 Å². The van der Waals surface area contributed by atoms with E-state index in [0.717, 1.165) is 29.9 Å². The lowest BCUT2D eigenvalue weighted by atomic mass is 9.96. The van der Waals surface area contributed by atoms with Gasteiger partial charge in [0.15, 0.2) is 6.61 Å². The summed E-state index contributed by atoms with van der Waals surface area (Å²) in [4.78, 5) is 24.2. The largest absolute Gasteiger partial charge is 0.455 e. The van der Waals surface area contributed by atoms with Crippen molar-refractivity contribution in [2.75, 3.05) is 18.9 Å². The summed E-state index contributed by atoms with van der Waals surface area (Å²) in [6.45, 7) is 0.356. The van der Waals surface area contributed by atoms with E-state index in [2.05, 4.69) is 17.4 Å². The fraction of sp³-hybridized carbons (Fsp3) is 0.333. The van der Waals surface area contributed by atoms with Crippen LogP contribution in [0.2, 0.25) is 0 Å². The third-order valence-electron chi connectivity index (χ3n) is 4.48. The van der Waals surface area contributed by atoms with Crippen molar-refractivity contribution >= 4 is 23.6 Å². The van der Waals surface area contributed by atoms with E-state index < -0.39 is 5.41 Å². The second kappa shape index (κ2) is 8.90. The van der Waals surface area contributed by atoms with E-state index in [4.69, 9.17) is 4.74 Å². The molecule has 0 bridgehead atoms. The Morgan fingerprint density at radius 3 is 2.31 bits per heavy atom. The lowest BCUT2D eigenvalue weighted by molar-refractivity contribution is -0.151. The molecule has 0 aromatic heterocycles. The highest BCUT2D eigenvalue weighted by atomic mass is 32.2. The first kappa shape index (κ1) is 18.5. The number of rotatable bonds is 9. The summed E-state index contributed by atoms with van der Waals surface area (Å²) in [7, 11) is 0. The number of benzene rings is 2. The molecule has 1 aliphatic carbocycles. The van der Waals surface area contributed by atoms with Gasteiger partial charge in [0.25, 0.3) is 5.91 Å². The molecular formula is C21H23NO3S. The number of esters is 1. The predicted molar refractivity (Wildman–Crippen MR) is 104 cm³/mol. The van der Waals surface area contributed by atoms with Crippen LogP contribution in [0.3, 0.4) is 0 Å². The molecule has 3 rings (SSSR count). The zero-order valence-corrected chi connectivity index (χ0v) is 15.5. The van der Waals surface area contributed by atoms with Crippen molar-refractivity contribution in [1.82, 2.24) is 5.32 Å². The normalized spacial score (nSPS) is 14.5. The Kier molecular flexibility index (Phi) is 6.34. The molecule has 0 atom stereocenters. The van der Waals surface area contributed by atoms with E-state index in [1.165, 1.54) is 5.56 Å². The van der Waals surface area contributed by atoms with Crippen LogP contribution in [-0.2, 0) is 25.5 Å². The maximum atomic E-state index is 12.4. The molecule has 1 fully saturated rings. The highest BCUT2D eigenvalue weighted by Gasteiger charge is 2.52. The van der Waals surface area contributed by atoms with Crippen molar-refractivity contribution in [2.24, 2.45) is 0 Å². The van der Waals surface area contributed by atoms with Crippen molar-refractivity contribution < 1.29 is 14.3 Å². The highest BCUT2D eigenvalue weighted by Crippen LogP contribution is 2.49. The van der Waals surface area contributed by atoms with Gasteiger partial charge in [-0.15, -0.1) is 0 Å². The summed E-state index contributed by atoms with van der Waals surface area (Å²) in [5.74, 6) is 1.20. The first-order valence-corrected chi connectivity index (χ1v) is 9.97. The minimum absolute atomic E-state index is 0.212. The summed E-state index contributed by atoms with van der Waals surface area (Å²) in [5.41, 5.74) is 1.71. The number of ether oxygens (including phenoxy) is 1. The van der Waals surface area contributed by atoms with E-state index >= 15 is 0 Å². The van der Waals surface area contributed by atoms with Crippen molar-refractivity contribution in [3.63, 3.8) is 0 Å². The topological polar surface area (TPSA) is 55.4 Å². The molecule has 0 saturated heterocycles. The first-order valence-electron chi connectivity index (χ1n) is 8.82. The molecule has 4 nitrogen and oxygen atoms in total. The van der Waals surface area contributed by atoms with E-state index in [1.54, 1.807) is 11.8 Å². The first-order chi connectivity index (χ1) is 12.7. The van der Waals surface area contributed by atoms with Gasteiger partial charge >= 0.3 is 5.97 Å². The van der Waals surface area contributed by atoms with Gasteiger partial charge in [-0.3, -0.25) is 9.59 Å². The molecule has 1 amide bonds. The molecule has 1 N–H and O–H groups in total. The van der Waals surface area contributed by atoms with E-state index in [-0.39, 0.29) is 18.5 Å². The minimum atomic E-state index is -0.535. The van der Waals surface area contributed by atoms with Crippen molar-refractivity contribution in [3.8, 4) is 0 Å². The quantitative estimate of drug-likeness (QED) is 0.544. The van der Waals surface area contributed by atoms with Crippen LogP contribution < -0.4 is 5.32 Å². The monoisotopic (exact) mass is 369 g/mol. The molecule has 0 unspecified atom stereocenters. The number of nitrogens with one attached hydrogen (secondary N) is 1. The van der Waals surface area contributed by atoms with Gasteiger partial charge in [0.1, 0.15) is 0 Å². The van der Waals surface area contributed by atoms with Crippen LogP contribution in [0.15, 0.2) is 60.7 Å². The van der Waals surface area contributed by atoms with Gasteiger partial charge in [-0.05, 0) is 24.0 Å². The van der Waals surface area contributed by atoms with Crippen molar-refractivity contribution in [3.05, 3.63) is 71.8 Å². The molecule has 0 aliphatic heterocycles. The Morgan fingerprint density at radius 1 is 1.00 bits per heavy atom. The molecule has 2 aromatic rings. The number of carbonyl (C=O) groups is 2. The van der Waals surface area contributed by atoms with Crippen LogP contribution in [0, 0.1) is 0 Å². The van der Waals surface area contributed by atoms with Gasteiger partial charge in [0.2, 0.25) is 0 Å². The molecular weight excluding hydrogens is 346 g/mol. The van der Waals surface area contributed by atoms with Gasteiger partial charge < -0.3 is 10.1 Å². The molecule has 0 heterocycles. The Balaban J connectivity index is 1.32. The number of thioether (sulfide) groups is 1. The predicted octanol–water partition coefficient (Wildman–Crippen LogP) is 3.31. The van der Waals surface area contributed by atoms with E-state index in [9.17, 15) is 9.59 Å². The molecule has 0 radical (unpaired) electrons. The maximum Gasteiger partial charge on any atom is 0.317 e. The minimum Gasteiger partial charge on any atom is -0.455 e. The zero-order chi connectivity index (χ0) is 18.2. The van der Waals surface area contributed by atoms with E-state index in [1.807, 2.05) is 48.5 Å². The van der Waals surface area contributed by atoms with Crippen LogP contribution in [0.25, 0.3) is 0 Å². The maximum absolute atomic E-state index is 12.4. The molecule has 0 spiro atoms. The third-order valence-corrected chi connectivity index (χ3v) is 5.51. The average Bonchev–Trinajstić information content (AvgIpc) is 3.49. The van der Waals surface area contributed by atoms with Gasteiger partial charge in [-0.25, -0.2) is 0 Å². The fourth-order valence-electron chi connectivity index (χ4n) is 2.84. The standard InChI is InChI=1S/C21H23NO3S/c23-19(22-13-14-26-16-17-7-3-1-4-8-17)15-25-20(24)21(11-12-21)18-9-5-2-6-10-18/h1-10H,11-16H2,(H,22,23). The Hall–Kier alpha value is -2.27. The number of amides is 1. The van der Waals surface area contributed by atoms with Crippen molar-refractivity contribution in [1.29, 1.82) is 0 Å². The van der Waals surface area contributed by atoms with Crippen LogP contribution in [0.1, 0.15) is 24.0 Å². The summed E-state index contributed by atoms with van der Waals surface area (Å²) < 4.78 is 5.25. The fourth-order valence-corrected chi connectivity index (χ4v) is 3.66. The van der Waals surface area contributed by atoms with Gasteiger partial charge in [-0.2, -0.15) is 11.8 Å². The molecule has 26 heavy (non-hydrogen) atoms. The number of hydrogen-bond acceptors (Lipinski definition) is 4. The van der Waals surface area contributed by atoms with Crippen LogP contribution in [-0.4, -0.2) is 30.8 Å². The Labute approximate surface area is 158 Å². The van der Waals surface area contributed by atoms with Gasteiger partial charge in [0.05, 0.1) is 5.41 Å². The SMILES string of the molecule is O=C(COC(=O)C1(c2ccccc2)CC1)NCCSCc1ccccc1. The zero-order valence-electron chi connectivity index (χ0n) is 14.6. The summed E-state index contributed by atoms with van der Waals surface area (Å²) >= 11 is 1.76. The Bertz CT molecular complexity index is 729. The highest BCUT2D eigenvalue weighted by molar-refractivity contribution is 7.98. The molecule has 5 heteroatoms. The molecule has 2 aromatic carbocycles. The van der Waals surface area contributed by atoms with Gasteiger partial charge in [-0.1, -0.05) is 60.7 Å². The van der Waals surface area contributed by atoms with Crippen LogP contribution >= 0.6 is 11.8 Å². The third kappa shape index (κ3) is 4.88. The Morgan fingerprint density at radius 2 is 1.65 bits per heavy atom. The second-order valence-electron chi connectivity index (χ2n) is 6.41. The summed E-state index contributed by atoms with van der Waals surface area (Å²) in [5, 5.41) is 2.80. The summed E-state index contributed by atoms with van der Waals surface area (Å²) in [6, 6.07) is 19.9. The number of carbonyl (C=O) groups excluding carboxylic acids is 2. The lowest BCUT2D eigenvalue weighted by Crippen LogP contribution is -2.33. The second-order valence-corrected chi connectivity index (χ2v) is 7.52. The number of hydrogen-bond donors (Lipinski definition) is 1. The van der Waals surface area contributed by atoms with E-state index in [0.29, 0.717) is 6.54 Å². The average molecular weight is 369 g/mol. The van der Waals surface area contributed by atoms with Crippen molar-refractivity contribution in [2.45, 2.75) is 24.0 Å². The molecule has 1 saturated carbocycles. The smallest absolute Gasteiger partial charge is 0.317 e. The molecule has 1 aliphatic rings. The van der Waals surface area contributed by atoms with Crippen LogP contribution in [0.5, 0.6) is 0 Å². The van der Waals surface area contributed by atoms with Gasteiger partial charge in [0, 0.05) is 18.1 Å².